The Morgan fingerprint density at radius 3 is 2.39 bits per heavy atom. The maximum absolute atomic E-state index is 13.2. The van der Waals surface area contributed by atoms with Crippen molar-refractivity contribution in [3.8, 4) is 0 Å². The number of thiophene rings is 1. The molecule has 2 aliphatic rings. The SMILES string of the molecule is Cc1c(C(=O)N2CCN(c3ccc(S(=O)(=O)N4CCOCC4)cn3)CC2)sc2ccccc12. The van der Waals surface area contributed by atoms with Crippen LogP contribution >= 0.6 is 11.3 Å². The molecule has 0 radical (unpaired) electrons. The number of hydrogen-bond acceptors (Lipinski definition) is 7. The number of sulfonamides is 1. The van der Waals surface area contributed by atoms with Crippen molar-refractivity contribution >= 4 is 43.2 Å². The molecule has 33 heavy (non-hydrogen) atoms. The molecule has 0 bridgehead atoms. The van der Waals surface area contributed by atoms with Gasteiger partial charge in [0.25, 0.3) is 5.91 Å². The molecule has 2 saturated heterocycles. The van der Waals surface area contributed by atoms with Crippen LogP contribution in [-0.4, -0.2) is 81.0 Å². The van der Waals surface area contributed by atoms with Crippen LogP contribution in [0.4, 0.5) is 5.82 Å². The Balaban J connectivity index is 1.24. The summed E-state index contributed by atoms with van der Waals surface area (Å²) < 4.78 is 33.4. The third-order valence-electron chi connectivity index (χ3n) is 6.26. The second-order valence-electron chi connectivity index (χ2n) is 8.20. The first-order valence-corrected chi connectivity index (χ1v) is 13.3. The number of pyridine rings is 1. The van der Waals surface area contributed by atoms with E-state index in [1.165, 1.54) is 10.5 Å². The number of carbonyl (C=O) groups excluding carboxylic acids is 1. The van der Waals surface area contributed by atoms with Crippen LogP contribution in [0.2, 0.25) is 0 Å². The molecule has 10 heteroatoms. The van der Waals surface area contributed by atoms with Crippen LogP contribution in [-0.2, 0) is 14.8 Å². The molecular formula is C23H26N4O4S2. The van der Waals surface area contributed by atoms with Gasteiger partial charge in [-0.25, -0.2) is 13.4 Å². The third-order valence-corrected chi connectivity index (χ3v) is 9.40. The van der Waals surface area contributed by atoms with Crippen molar-refractivity contribution in [1.82, 2.24) is 14.2 Å². The second kappa shape index (κ2) is 9.02. The van der Waals surface area contributed by atoms with E-state index in [-0.39, 0.29) is 10.8 Å². The Labute approximate surface area is 197 Å². The fourth-order valence-electron chi connectivity index (χ4n) is 4.31. The molecule has 1 aromatic carbocycles. The van der Waals surface area contributed by atoms with E-state index in [1.807, 2.05) is 24.0 Å². The lowest BCUT2D eigenvalue weighted by molar-refractivity contribution is 0.0730. The van der Waals surface area contributed by atoms with E-state index in [4.69, 9.17) is 4.74 Å². The van der Waals surface area contributed by atoms with Gasteiger partial charge in [-0.2, -0.15) is 4.31 Å². The van der Waals surface area contributed by atoms with Crippen LogP contribution < -0.4 is 4.90 Å². The number of nitrogens with zero attached hydrogens (tertiary/aromatic N) is 4. The summed E-state index contributed by atoms with van der Waals surface area (Å²) in [5.74, 6) is 0.800. The van der Waals surface area contributed by atoms with Gasteiger partial charge in [0, 0.05) is 50.2 Å². The predicted octanol–water partition coefficient (Wildman–Crippen LogP) is 2.59. The molecule has 174 valence electrons. The molecule has 2 fully saturated rings. The lowest BCUT2D eigenvalue weighted by Crippen LogP contribution is -2.49. The number of hydrogen-bond donors (Lipinski definition) is 0. The third kappa shape index (κ3) is 4.23. The van der Waals surface area contributed by atoms with E-state index in [0.29, 0.717) is 52.5 Å². The highest BCUT2D eigenvalue weighted by molar-refractivity contribution is 7.89. The fourth-order valence-corrected chi connectivity index (χ4v) is 6.84. The minimum atomic E-state index is -3.55. The van der Waals surface area contributed by atoms with Gasteiger partial charge < -0.3 is 14.5 Å². The van der Waals surface area contributed by atoms with E-state index in [9.17, 15) is 13.2 Å². The van der Waals surface area contributed by atoms with Gasteiger partial charge in [-0.15, -0.1) is 11.3 Å². The molecule has 2 aromatic heterocycles. The van der Waals surface area contributed by atoms with Gasteiger partial charge >= 0.3 is 0 Å². The van der Waals surface area contributed by atoms with Gasteiger partial charge in [0.2, 0.25) is 10.0 Å². The fraction of sp³-hybridized carbons (Fsp3) is 0.391. The van der Waals surface area contributed by atoms with Crippen molar-refractivity contribution in [2.45, 2.75) is 11.8 Å². The predicted molar refractivity (Wildman–Crippen MR) is 128 cm³/mol. The minimum absolute atomic E-state index is 0.0771. The van der Waals surface area contributed by atoms with E-state index in [2.05, 4.69) is 22.0 Å². The summed E-state index contributed by atoms with van der Waals surface area (Å²) in [6.07, 6.45) is 1.43. The number of aryl methyl sites for hydroxylation is 1. The first-order valence-electron chi connectivity index (χ1n) is 11.0. The molecule has 0 atom stereocenters. The minimum Gasteiger partial charge on any atom is -0.379 e. The van der Waals surface area contributed by atoms with Gasteiger partial charge in [0.1, 0.15) is 10.7 Å². The number of anilines is 1. The summed E-state index contributed by atoms with van der Waals surface area (Å²) in [5, 5.41) is 1.14. The smallest absolute Gasteiger partial charge is 0.264 e. The summed E-state index contributed by atoms with van der Waals surface area (Å²) in [6.45, 7) is 6.06. The number of amides is 1. The number of benzene rings is 1. The largest absolute Gasteiger partial charge is 0.379 e. The van der Waals surface area contributed by atoms with Crippen molar-refractivity contribution in [1.29, 1.82) is 0 Å². The number of rotatable bonds is 4. The van der Waals surface area contributed by atoms with Gasteiger partial charge in [0.05, 0.1) is 18.1 Å². The summed E-state index contributed by atoms with van der Waals surface area (Å²) >= 11 is 1.55. The lowest BCUT2D eigenvalue weighted by Gasteiger charge is -2.35. The van der Waals surface area contributed by atoms with E-state index < -0.39 is 10.0 Å². The van der Waals surface area contributed by atoms with Crippen LogP contribution in [0.25, 0.3) is 10.1 Å². The molecule has 0 unspecified atom stereocenters. The second-order valence-corrected chi connectivity index (χ2v) is 11.2. The van der Waals surface area contributed by atoms with Crippen LogP contribution in [0.3, 0.4) is 0 Å². The summed E-state index contributed by atoms with van der Waals surface area (Å²) in [4.78, 5) is 22.6. The first-order chi connectivity index (χ1) is 15.9. The number of ether oxygens (including phenoxy) is 1. The maximum Gasteiger partial charge on any atom is 0.264 e. The van der Waals surface area contributed by atoms with Crippen molar-refractivity contribution in [3.63, 3.8) is 0 Å². The van der Waals surface area contributed by atoms with Crippen LogP contribution in [0, 0.1) is 6.92 Å². The molecule has 3 aromatic rings. The van der Waals surface area contributed by atoms with Crippen molar-refractivity contribution < 1.29 is 17.9 Å². The Bertz CT molecular complexity index is 1260. The molecule has 0 spiro atoms. The van der Waals surface area contributed by atoms with Gasteiger partial charge in [-0.3, -0.25) is 4.79 Å². The van der Waals surface area contributed by atoms with Crippen LogP contribution in [0.15, 0.2) is 47.5 Å². The molecular weight excluding hydrogens is 460 g/mol. The zero-order valence-electron chi connectivity index (χ0n) is 18.4. The first kappa shape index (κ1) is 22.3. The number of aromatic nitrogens is 1. The van der Waals surface area contributed by atoms with Gasteiger partial charge in [-0.05, 0) is 36.1 Å². The van der Waals surface area contributed by atoms with Crippen LogP contribution in [0.1, 0.15) is 15.2 Å². The normalized spacial score (nSPS) is 18.1. The topological polar surface area (TPSA) is 83.1 Å². The van der Waals surface area contributed by atoms with Crippen molar-refractivity contribution in [2.75, 3.05) is 57.4 Å². The summed E-state index contributed by atoms with van der Waals surface area (Å²) in [6, 6.07) is 11.5. The molecule has 1 amide bonds. The van der Waals surface area contributed by atoms with Crippen molar-refractivity contribution in [3.05, 3.63) is 53.0 Å². The average molecular weight is 487 g/mol. The zero-order chi connectivity index (χ0) is 23.0. The molecule has 2 aliphatic heterocycles. The average Bonchev–Trinajstić information content (AvgIpc) is 3.21. The quantitative estimate of drug-likeness (QED) is 0.564. The number of morpholine rings is 1. The molecule has 0 saturated carbocycles. The highest BCUT2D eigenvalue weighted by Crippen LogP contribution is 2.31. The Kier molecular flexibility index (Phi) is 6.09. The summed E-state index contributed by atoms with van der Waals surface area (Å²) in [7, 11) is -3.55. The number of fused-ring (bicyclic) bond motifs is 1. The van der Waals surface area contributed by atoms with E-state index in [0.717, 1.165) is 26.3 Å². The lowest BCUT2D eigenvalue weighted by atomic mass is 10.1. The highest BCUT2D eigenvalue weighted by atomic mass is 32.2. The van der Waals surface area contributed by atoms with E-state index >= 15 is 0 Å². The maximum atomic E-state index is 13.2. The summed E-state index contributed by atoms with van der Waals surface area (Å²) in [5.41, 5.74) is 1.04. The molecule has 8 nitrogen and oxygen atoms in total. The molecule has 0 N–H and O–H groups in total. The highest BCUT2D eigenvalue weighted by Gasteiger charge is 2.28. The standard InChI is InChI=1S/C23H26N4O4S2/c1-17-19-4-2-3-5-20(19)32-22(17)23(28)26-10-8-25(9-11-26)21-7-6-18(16-24-21)33(29,30)27-12-14-31-15-13-27/h2-7,16H,8-15H2,1H3. The zero-order valence-corrected chi connectivity index (χ0v) is 20.1. The molecule has 5 rings (SSSR count). The number of carbonyl (C=O) groups is 1. The van der Waals surface area contributed by atoms with Gasteiger partial charge in [0.15, 0.2) is 0 Å². The Hall–Kier alpha value is -2.53. The Morgan fingerprint density at radius 1 is 1.00 bits per heavy atom. The molecule has 0 aliphatic carbocycles. The van der Waals surface area contributed by atoms with Crippen LogP contribution in [0.5, 0.6) is 0 Å². The van der Waals surface area contributed by atoms with Crippen molar-refractivity contribution in [2.24, 2.45) is 0 Å². The molecule has 4 heterocycles. The number of piperazine rings is 1. The van der Waals surface area contributed by atoms with Gasteiger partial charge in [-0.1, -0.05) is 18.2 Å². The Morgan fingerprint density at radius 2 is 1.73 bits per heavy atom. The van der Waals surface area contributed by atoms with E-state index in [1.54, 1.807) is 23.5 Å². The monoisotopic (exact) mass is 486 g/mol.